The second-order valence-corrected chi connectivity index (χ2v) is 5.69. The van der Waals surface area contributed by atoms with E-state index in [0.717, 1.165) is 38.8 Å². The third-order valence-electron chi connectivity index (χ3n) is 4.10. The van der Waals surface area contributed by atoms with Crippen molar-refractivity contribution in [3.05, 3.63) is 45.0 Å². The van der Waals surface area contributed by atoms with Gasteiger partial charge in [-0.1, -0.05) is 0 Å². The van der Waals surface area contributed by atoms with Crippen molar-refractivity contribution in [2.75, 3.05) is 20.3 Å². The molecule has 0 unspecified atom stereocenters. The molecular formula is C18H20O5. The fourth-order valence-corrected chi connectivity index (χ4v) is 2.85. The van der Waals surface area contributed by atoms with Gasteiger partial charge in [-0.2, -0.15) is 0 Å². The van der Waals surface area contributed by atoms with Crippen LogP contribution in [0.15, 0.2) is 25.8 Å². The Morgan fingerprint density at radius 1 is 1.00 bits per heavy atom. The lowest BCUT2D eigenvalue weighted by Gasteiger charge is -2.06. The zero-order valence-electron chi connectivity index (χ0n) is 13.8. The number of aryl methyl sites for hydroxylation is 3. The van der Waals surface area contributed by atoms with Crippen LogP contribution >= 0.6 is 0 Å². The lowest BCUT2D eigenvalue weighted by Crippen LogP contribution is -2.02. The van der Waals surface area contributed by atoms with Crippen molar-refractivity contribution in [2.45, 2.75) is 27.4 Å². The number of ether oxygens (including phenoxy) is 2. The minimum atomic E-state index is -0.344. The normalized spacial score (nSPS) is 11.7. The van der Waals surface area contributed by atoms with E-state index in [1.165, 1.54) is 6.07 Å². The Morgan fingerprint density at radius 3 is 2.48 bits per heavy atom. The lowest BCUT2D eigenvalue weighted by molar-refractivity contribution is 0.0616. The average Bonchev–Trinajstić information content (AvgIpc) is 2.82. The summed E-state index contributed by atoms with van der Waals surface area (Å²) in [6.45, 7) is 7.28. The SMILES string of the molecule is COCCOCc1c(C)oc2c(C)c3oc(=O)cc(C)c3cc12. The van der Waals surface area contributed by atoms with Crippen LogP contribution in [0.2, 0.25) is 0 Å². The molecule has 0 fully saturated rings. The molecule has 0 radical (unpaired) electrons. The molecule has 122 valence electrons. The summed E-state index contributed by atoms with van der Waals surface area (Å²) >= 11 is 0. The molecule has 0 saturated carbocycles. The molecule has 2 aromatic heterocycles. The van der Waals surface area contributed by atoms with E-state index in [1.807, 2.05) is 26.8 Å². The maximum absolute atomic E-state index is 11.6. The van der Waals surface area contributed by atoms with Gasteiger partial charge in [0.15, 0.2) is 0 Å². The van der Waals surface area contributed by atoms with Gasteiger partial charge in [0, 0.05) is 35.1 Å². The Morgan fingerprint density at radius 2 is 1.74 bits per heavy atom. The Bertz CT molecular complexity index is 917. The fourth-order valence-electron chi connectivity index (χ4n) is 2.85. The van der Waals surface area contributed by atoms with Gasteiger partial charge in [-0.15, -0.1) is 0 Å². The van der Waals surface area contributed by atoms with E-state index in [-0.39, 0.29) is 5.63 Å². The third kappa shape index (κ3) is 2.78. The van der Waals surface area contributed by atoms with E-state index < -0.39 is 0 Å². The number of methoxy groups -OCH3 is 1. The molecule has 3 rings (SSSR count). The Balaban J connectivity index is 2.16. The molecule has 3 aromatic rings. The van der Waals surface area contributed by atoms with Crippen LogP contribution in [0.3, 0.4) is 0 Å². The number of hydrogen-bond acceptors (Lipinski definition) is 5. The number of hydrogen-bond donors (Lipinski definition) is 0. The molecule has 0 N–H and O–H groups in total. The smallest absolute Gasteiger partial charge is 0.336 e. The Hall–Kier alpha value is -2.11. The summed E-state index contributed by atoms with van der Waals surface area (Å²) in [6, 6.07) is 3.52. The summed E-state index contributed by atoms with van der Waals surface area (Å²) in [5, 5.41) is 1.93. The first-order chi connectivity index (χ1) is 11.0. The molecule has 5 nitrogen and oxygen atoms in total. The summed E-state index contributed by atoms with van der Waals surface area (Å²) in [7, 11) is 1.65. The zero-order chi connectivity index (χ0) is 16.6. The molecule has 0 saturated heterocycles. The van der Waals surface area contributed by atoms with Crippen molar-refractivity contribution in [2.24, 2.45) is 0 Å². The molecule has 5 heteroatoms. The van der Waals surface area contributed by atoms with E-state index in [0.29, 0.717) is 25.4 Å². The highest BCUT2D eigenvalue weighted by Gasteiger charge is 2.17. The summed E-state index contributed by atoms with van der Waals surface area (Å²) < 4.78 is 21.9. The molecule has 0 atom stereocenters. The van der Waals surface area contributed by atoms with Crippen molar-refractivity contribution >= 4 is 21.9 Å². The topological polar surface area (TPSA) is 61.8 Å². The first-order valence-electron chi connectivity index (χ1n) is 7.55. The Kier molecular flexibility index (Phi) is 4.24. The van der Waals surface area contributed by atoms with Crippen LogP contribution < -0.4 is 5.63 Å². The van der Waals surface area contributed by atoms with Crippen molar-refractivity contribution in [1.82, 2.24) is 0 Å². The molecule has 0 aliphatic rings. The van der Waals surface area contributed by atoms with Crippen molar-refractivity contribution in [3.63, 3.8) is 0 Å². The van der Waals surface area contributed by atoms with E-state index in [9.17, 15) is 4.79 Å². The van der Waals surface area contributed by atoms with Gasteiger partial charge in [-0.25, -0.2) is 4.79 Å². The van der Waals surface area contributed by atoms with Gasteiger partial charge in [-0.05, 0) is 32.4 Å². The highest BCUT2D eigenvalue weighted by Crippen LogP contribution is 2.34. The second kappa shape index (κ2) is 6.18. The molecule has 0 spiro atoms. The van der Waals surface area contributed by atoms with Crippen LogP contribution in [0.25, 0.3) is 21.9 Å². The quantitative estimate of drug-likeness (QED) is 0.531. The maximum atomic E-state index is 11.6. The van der Waals surface area contributed by atoms with Gasteiger partial charge in [0.1, 0.15) is 16.9 Å². The molecule has 0 amide bonds. The number of fused-ring (bicyclic) bond motifs is 2. The third-order valence-corrected chi connectivity index (χ3v) is 4.10. The summed E-state index contributed by atoms with van der Waals surface area (Å²) in [5.41, 5.74) is 3.74. The number of furan rings is 1. The highest BCUT2D eigenvalue weighted by atomic mass is 16.5. The number of benzene rings is 1. The van der Waals surface area contributed by atoms with Crippen LogP contribution in [-0.2, 0) is 16.1 Å². The van der Waals surface area contributed by atoms with Crippen LogP contribution in [0.5, 0.6) is 0 Å². The summed E-state index contributed by atoms with van der Waals surface area (Å²) in [6.07, 6.45) is 0. The highest BCUT2D eigenvalue weighted by molar-refractivity contribution is 5.99. The maximum Gasteiger partial charge on any atom is 0.336 e. The molecule has 0 aliphatic heterocycles. The minimum absolute atomic E-state index is 0.344. The van der Waals surface area contributed by atoms with Gasteiger partial charge in [-0.3, -0.25) is 0 Å². The van der Waals surface area contributed by atoms with Crippen LogP contribution in [0.1, 0.15) is 22.5 Å². The van der Waals surface area contributed by atoms with Crippen molar-refractivity contribution in [1.29, 1.82) is 0 Å². The van der Waals surface area contributed by atoms with E-state index in [1.54, 1.807) is 7.11 Å². The second-order valence-electron chi connectivity index (χ2n) is 5.69. The monoisotopic (exact) mass is 316 g/mol. The van der Waals surface area contributed by atoms with E-state index in [2.05, 4.69) is 0 Å². The lowest BCUT2D eigenvalue weighted by atomic mass is 10.0. The minimum Gasteiger partial charge on any atom is -0.461 e. The largest absolute Gasteiger partial charge is 0.461 e. The predicted molar refractivity (Wildman–Crippen MR) is 88.0 cm³/mol. The van der Waals surface area contributed by atoms with Crippen molar-refractivity contribution < 1.29 is 18.3 Å². The fraction of sp³-hybridized carbons (Fsp3) is 0.389. The van der Waals surface area contributed by atoms with E-state index >= 15 is 0 Å². The molecule has 0 aliphatic carbocycles. The van der Waals surface area contributed by atoms with Gasteiger partial charge in [0.2, 0.25) is 0 Å². The summed E-state index contributed by atoms with van der Waals surface area (Å²) in [4.78, 5) is 11.6. The van der Waals surface area contributed by atoms with Crippen LogP contribution in [0.4, 0.5) is 0 Å². The van der Waals surface area contributed by atoms with Gasteiger partial charge >= 0.3 is 5.63 Å². The molecule has 1 aromatic carbocycles. The van der Waals surface area contributed by atoms with Crippen LogP contribution in [-0.4, -0.2) is 20.3 Å². The predicted octanol–water partition coefficient (Wildman–Crippen LogP) is 3.63. The van der Waals surface area contributed by atoms with E-state index in [4.69, 9.17) is 18.3 Å². The first-order valence-corrected chi connectivity index (χ1v) is 7.55. The van der Waals surface area contributed by atoms with Gasteiger partial charge < -0.3 is 18.3 Å². The van der Waals surface area contributed by atoms with Gasteiger partial charge in [0.05, 0.1) is 19.8 Å². The zero-order valence-corrected chi connectivity index (χ0v) is 13.8. The average molecular weight is 316 g/mol. The number of rotatable bonds is 5. The first kappa shape index (κ1) is 15.8. The molecule has 0 bridgehead atoms. The summed E-state index contributed by atoms with van der Waals surface area (Å²) in [5.74, 6) is 0.816. The van der Waals surface area contributed by atoms with Crippen molar-refractivity contribution in [3.8, 4) is 0 Å². The van der Waals surface area contributed by atoms with Crippen LogP contribution in [0, 0.1) is 20.8 Å². The Labute approximate surface area is 133 Å². The standard InChI is InChI=1S/C18H20O5/c1-10-7-16(19)23-17-11(2)18-14(8-13(10)17)15(12(3)22-18)9-21-6-5-20-4/h7-8H,5-6,9H2,1-4H3. The molecule has 23 heavy (non-hydrogen) atoms. The van der Waals surface area contributed by atoms with Gasteiger partial charge in [0.25, 0.3) is 0 Å². The molecule has 2 heterocycles. The molecular weight excluding hydrogens is 296 g/mol.